The van der Waals surface area contributed by atoms with Crippen molar-refractivity contribution < 1.29 is 4.21 Å². The van der Waals surface area contributed by atoms with Gasteiger partial charge >= 0.3 is 0 Å². The van der Waals surface area contributed by atoms with Crippen LogP contribution in [0.4, 0.5) is 0 Å². The molecule has 0 rings (SSSR count). The summed E-state index contributed by atoms with van der Waals surface area (Å²) in [6.45, 7) is 0. The van der Waals surface area contributed by atoms with E-state index < -0.39 is 9.93 Å². The summed E-state index contributed by atoms with van der Waals surface area (Å²) in [6.07, 6.45) is 5.23. The first-order valence-electron chi connectivity index (χ1n) is 1.52. The second kappa shape index (κ2) is 2.75. The van der Waals surface area contributed by atoms with Crippen LogP contribution >= 0.6 is 17.0 Å². The van der Waals surface area contributed by atoms with Gasteiger partial charge in [-0.15, -0.1) is 26.9 Å². The van der Waals surface area contributed by atoms with E-state index in [0.717, 1.165) is 0 Å². The summed E-state index contributed by atoms with van der Waals surface area (Å²) >= 11 is 0. The molecule has 0 saturated carbocycles. The van der Waals surface area contributed by atoms with E-state index in [2.05, 4.69) is 0 Å². The molecule has 0 aromatic rings. The van der Waals surface area contributed by atoms with Gasteiger partial charge in [0.15, 0.2) is 0 Å². The fourth-order valence-electron chi connectivity index (χ4n) is 0. The van der Waals surface area contributed by atoms with Crippen LogP contribution in [0.2, 0.25) is 0 Å². The Morgan fingerprint density at radius 1 is 1.17 bits per heavy atom. The summed E-state index contributed by atoms with van der Waals surface area (Å²) in [5.41, 5.74) is 0. The summed E-state index contributed by atoms with van der Waals surface area (Å²) in [4.78, 5) is 0. The molecule has 0 saturated heterocycles. The molecule has 1 nitrogen and oxygen atoms in total. The molecule has 42 valence electrons. The predicted octanol–water partition coefficient (Wildman–Crippen LogP) is 0.470. The van der Waals surface area contributed by atoms with E-state index in [1.165, 1.54) is 0 Å². The van der Waals surface area contributed by atoms with Crippen LogP contribution in [0.1, 0.15) is 0 Å². The maximum atomic E-state index is 10.2. The molecule has 0 amide bonds. The van der Waals surface area contributed by atoms with E-state index in [1.54, 1.807) is 18.8 Å². The maximum Gasteiger partial charge on any atom is -0.0108 e. The van der Waals surface area contributed by atoms with Gasteiger partial charge in [-0.3, -0.25) is 4.21 Å². The molecule has 0 radical (unpaired) electrons. The van der Waals surface area contributed by atoms with Gasteiger partial charge in [-0.25, -0.2) is 0 Å². The number of hydrogen-bond acceptors (Lipinski definition) is 1. The van der Waals surface area contributed by atoms with Gasteiger partial charge < -0.3 is 0 Å². The van der Waals surface area contributed by atoms with E-state index in [-0.39, 0.29) is 17.0 Å². The molecule has 0 bridgehead atoms. The molecular formula is C3H11BrOS. The number of hydrogen-bond donors (Lipinski definition) is 1. The third-order valence-corrected chi connectivity index (χ3v) is 0. The first-order valence-corrected chi connectivity index (χ1v) is 4.57. The predicted molar refractivity (Wildman–Crippen MR) is 37.6 cm³/mol. The van der Waals surface area contributed by atoms with Crippen LogP contribution in [0.25, 0.3) is 0 Å². The smallest absolute Gasteiger partial charge is 0.0108 e. The molecule has 0 fully saturated rings. The summed E-state index contributed by atoms with van der Waals surface area (Å²) in [5, 5.41) is 0. The zero-order chi connectivity index (χ0) is 4.50. The highest BCUT2D eigenvalue weighted by Crippen LogP contribution is 1.76. The van der Waals surface area contributed by atoms with Crippen molar-refractivity contribution in [2.45, 2.75) is 0 Å². The fourth-order valence-corrected chi connectivity index (χ4v) is 0. The second-order valence-electron chi connectivity index (χ2n) is 1.89. The highest BCUT2D eigenvalue weighted by Gasteiger charge is 1.79. The SMILES string of the molecule is Br.C[SH](C)(C)=O. The zero-order valence-corrected chi connectivity index (χ0v) is 6.87. The van der Waals surface area contributed by atoms with Crippen LogP contribution in [0.5, 0.6) is 0 Å². The number of rotatable bonds is 0. The van der Waals surface area contributed by atoms with Crippen molar-refractivity contribution >= 4 is 26.9 Å². The Bertz CT molecular complexity index is 56.9. The third kappa shape index (κ3) is 154. The summed E-state index contributed by atoms with van der Waals surface area (Å²) in [5.74, 6) is 0. The third-order valence-electron chi connectivity index (χ3n) is 0. The number of thiol groups is 1. The Morgan fingerprint density at radius 2 is 1.17 bits per heavy atom. The summed E-state index contributed by atoms with van der Waals surface area (Å²) < 4.78 is 10.2. The van der Waals surface area contributed by atoms with Crippen molar-refractivity contribution in [2.75, 3.05) is 18.8 Å². The Hall–Kier alpha value is 0.630. The van der Waals surface area contributed by atoms with Crippen molar-refractivity contribution in [3.8, 4) is 0 Å². The van der Waals surface area contributed by atoms with Crippen molar-refractivity contribution in [2.24, 2.45) is 0 Å². The van der Waals surface area contributed by atoms with Gasteiger partial charge in [0, 0.05) is 0 Å². The largest absolute Gasteiger partial charge is 0.286 e. The van der Waals surface area contributed by atoms with E-state index in [4.69, 9.17) is 0 Å². The summed E-state index contributed by atoms with van der Waals surface area (Å²) in [6, 6.07) is 0. The quantitative estimate of drug-likeness (QED) is 0.529. The monoisotopic (exact) mass is 174 g/mol. The van der Waals surface area contributed by atoms with Gasteiger partial charge in [0.05, 0.1) is 0 Å². The van der Waals surface area contributed by atoms with Crippen LogP contribution in [-0.2, 0) is 9.93 Å². The molecule has 0 atom stereocenters. The molecule has 0 heterocycles. The maximum absolute atomic E-state index is 10.2. The minimum absolute atomic E-state index is 0. The molecule has 0 aliphatic carbocycles. The zero-order valence-electron chi connectivity index (χ0n) is 4.26. The first-order chi connectivity index (χ1) is 2.00. The fraction of sp³-hybridized carbons (Fsp3) is 1.00. The number of halogens is 1. The van der Waals surface area contributed by atoms with Crippen molar-refractivity contribution in [3.63, 3.8) is 0 Å². The average molecular weight is 175 g/mol. The van der Waals surface area contributed by atoms with Gasteiger partial charge in [0.1, 0.15) is 0 Å². The van der Waals surface area contributed by atoms with Gasteiger partial charge in [-0.1, -0.05) is 0 Å². The van der Waals surface area contributed by atoms with Crippen molar-refractivity contribution in [1.82, 2.24) is 0 Å². The van der Waals surface area contributed by atoms with Crippen molar-refractivity contribution in [1.29, 1.82) is 0 Å². The Morgan fingerprint density at radius 3 is 1.17 bits per heavy atom. The highest BCUT2D eigenvalue weighted by molar-refractivity contribution is 8.93. The molecule has 3 heteroatoms. The topological polar surface area (TPSA) is 17.1 Å². The van der Waals surface area contributed by atoms with Crippen LogP contribution in [-0.4, -0.2) is 23.0 Å². The van der Waals surface area contributed by atoms with Gasteiger partial charge in [-0.2, -0.15) is 0 Å². The van der Waals surface area contributed by atoms with Gasteiger partial charge in [-0.05, 0) is 18.8 Å². The normalized spacial score (nSPS) is 12.5. The van der Waals surface area contributed by atoms with E-state index in [0.29, 0.717) is 0 Å². The standard InChI is InChI=1S/C3H10OS.BrH/c1-5(2,3)4;/h5H,1-3H3;1H. The molecular weight excluding hydrogens is 164 g/mol. The minimum Gasteiger partial charge on any atom is -0.286 e. The van der Waals surface area contributed by atoms with E-state index in [1.807, 2.05) is 0 Å². The lowest BCUT2D eigenvalue weighted by atomic mass is 11.9. The van der Waals surface area contributed by atoms with Crippen LogP contribution in [0.15, 0.2) is 0 Å². The van der Waals surface area contributed by atoms with Gasteiger partial charge in [0.2, 0.25) is 0 Å². The Balaban J connectivity index is 0. The molecule has 0 aromatic heterocycles. The van der Waals surface area contributed by atoms with Crippen LogP contribution in [0, 0.1) is 0 Å². The van der Waals surface area contributed by atoms with Crippen molar-refractivity contribution in [3.05, 3.63) is 0 Å². The molecule has 0 unspecified atom stereocenters. The Kier molecular flexibility index (Phi) is 4.49. The second-order valence-corrected chi connectivity index (χ2v) is 5.67. The summed E-state index contributed by atoms with van der Waals surface area (Å²) in [7, 11) is -1.64. The van der Waals surface area contributed by atoms with E-state index in [9.17, 15) is 4.21 Å². The van der Waals surface area contributed by atoms with Gasteiger partial charge in [0.25, 0.3) is 0 Å². The molecule has 6 heavy (non-hydrogen) atoms. The van der Waals surface area contributed by atoms with Crippen LogP contribution in [0.3, 0.4) is 0 Å². The lowest BCUT2D eigenvalue weighted by Gasteiger charge is -1.95. The van der Waals surface area contributed by atoms with Crippen LogP contribution < -0.4 is 0 Å². The lowest BCUT2D eigenvalue weighted by molar-refractivity contribution is 0.682. The minimum atomic E-state index is -1.64. The Labute approximate surface area is 50.3 Å². The molecule has 0 N–H and O–H groups in total. The molecule has 0 spiro atoms. The molecule has 0 aromatic carbocycles. The lowest BCUT2D eigenvalue weighted by Crippen LogP contribution is -1.99. The first kappa shape index (κ1) is 9.80. The van der Waals surface area contributed by atoms with E-state index >= 15 is 0 Å². The molecule has 0 aliphatic rings. The average Bonchev–Trinajstić information content (AvgIpc) is 0.722. The molecule has 0 aliphatic heterocycles. The highest BCUT2D eigenvalue weighted by atomic mass is 79.9.